The predicted octanol–water partition coefficient (Wildman–Crippen LogP) is 4.59. The van der Waals surface area contributed by atoms with Crippen LogP contribution >= 0.6 is 11.6 Å². The van der Waals surface area contributed by atoms with E-state index in [0.717, 1.165) is 51.6 Å². The lowest BCUT2D eigenvalue weighted by molar-refractivity contribution is -0.0396. The molecule has 1 spiro atoms. The molecule has 238 valence electrons. The second-order valence-corrected chi connectivity index (χ2v) is 13.9. The Morgan fingerprint density at radius 2 is 1.96 bits per heavy atom. The summed E-state index contributed by atoms with van der Waals surface area (Å²) in [4.78, 5) is 18.4. The van der Waals surface area contributed by atoms with Crippen LogP contribution in [-0.4, -0.2) is 97.5 Å². The van der Waals surface area contributed by atoms with Gasteiger partial charge >= 0.3 is 6.01 Å². The number of halogens is 3. The lowest BCUT2D eigenvalue weighted by atomic mass is 9.62. The summed E-state index contributed by atoms with van der Waals surface area (Å²) in [6, 6.07) is 1.75. The Labute approximate surface area is 263 Å². The van der Waals surface area contributed by atoms with Crippen LogP contribution in [0.2, 0.25) is 5.02 Å². The highest BCUT2D eigenvalue weighted by atomic mass is 35.5. The molecule has 6 heterocycles. The number of aromatic nitrogens is 5. The Bertz CT molecular complexity index is 1780. The second-order valence-electron chi connectivity index (χ2n) is 13.5. The van der Waals surface area contributed by atoms with Gasteiger partial charge in [-0.3, -0.25) is 15.0 Å². The number of benzene rings is 1. The number of pyridine rings is 1. The molecule has 45 heavy (non-hydrogen) atoms. The van der Waals surface area contributed by atoms with Crippen LogP contribution in [0.5, 0.6) is 6.01 Å². The quantitative estimate of drug-likeness (QED) is 0.266. The monoisotopic (exact) mass is 639 g/mol. The van der Waals surface area contributed by atoms with Gasteiger partial charge in [-0.2, -0.15) is 15.1 Å². The molecule has 3 aromatic heterocycles. The molecule has 0 unspecified atom stereocenters. The number of aliphatic hydroxyl groups is 2. The Morgan fingerprint density at radius 3 is 2.78 bits per heavy atom. The van der Waals surface area contributed by atoms with Crippen molar-refractivity contribution in [2.45, 2.75) is 69.2 Å². The first-order valence-electron chi connectivity index (χ1n) is 15.8. The van der Waals surface area contributed by atoms with E-state index in [-0.39, 0.29) is 48.4 Å². The van der Waals surface area contributed by atoms with Crippen LogP contribution in [0.15, 0.2) is 18.5 Å². The van der Waals surface area contributed by atoms with Gasteiger partial charge in [-0.1, -0.05) is 11.6 Å². The van der Waals surface area contributed by atoms with Gasteiger partial charge in [0.15, 0.2) is 5.82 Å². The summed E-state index contributed by atoms with van der Waals surface area (Å²) in [5, 5.41) is 28.5. The average Bonchev–Trinajstić information content (AvgIpc) is 3.70. The van der Waals surface area contributed by atoms with Crippen LogP contribution in [0.4, 0.5) is 14.6 Å². The minimum Gasteiger partial charge on any atom is -0.461 e. The number of aliphatic hydroxyl groups excluding tert-OH is 2. The van der Waals surface area contributed by atoms with Gasteiger partial charge in [0.2, 0.25) is 0 Å². The van der Waals surface area contributed by atoms with Crippen molar-refractivity contribution in [1.29, 1.82) is 0 Å². The van der Waals surface area contributed by atoms with Crippen LogP contribution in [0.3, 0.4) is 0 Å². The Hall–Kier alpha value is -3.19. The van der Waals surface area contributed by atoms with Crippen LogP contribution in [-0.2, 0) is 6.42 Å². The number of piperidine rings is 1. The number of rotatable bonds is 7. The lowest BCUT2D eigenvalue weighted by Gasteiger charge is -2.51. The summed E-state index contributed by atoms with van der Waals surface area (Å²) in [5.41, 5.74) is 1.33. The number of aromatic amines is 1. The molecule has 1 aliphatic carbocycles. The van der Waals surface area contributed by atoms with E-state index in [1.807, 2.05) is 0 Å². The molecule has 3 aliphatic heterocycles. The third kappa shape index (κ3) is 4.83. The molecule has 4 aromatic rings. The summed E-state index contributed by atoms with van der Waals surface area (Å²) >= 11 is 6.62. The van der Waals surface area contributed by atoms with E-state index in [1.165, 1.54) is 0 Å². The zero-order chi connectivity index (χ0) is 30.9. The van der Waals surface area contributed by atoms with E-state index in [4.69, 9.17) is 21.3 Å². The minimum absolute atomic E-state index is 0.00194. The Kier molecular flexibility index (Phi) is 7.12. The first kappa shape index (κ1) is 29.2. The summed E-state index contributed by atoms with van der Waals surface area (Å²) in [6.07, 6.45) is 7.82. The summed E-state index contributed by atoms with van der Waals surface area (Å²) in [6.45, 7) is 2.68. The molecule has 0 amide bonds. The summed E-state index contributed by atoms with van der Waals surface area (Å²) in [7, 11) is 0. The fourth-order valence-corrected chi connectivity index (χ4v) is 8.84. The number of alkyl halides is 1. The van der Waals surface area contributed by atoms with Crippen molar-refractivity contribution in [3.05, 3.63) is 34.9 Å². The van der Waals surface area contributed by atoms with Gasteiger partial charge in [-0.15, -0.1) is 0 Å². The maximum Gasteiger partial charge on any atom is 0.319 e. The van der Waals surface area contributed by atoms with Gasteiger partial charge < -0.3 is 19.8 Å². The van der Waals surface area contributed by atoms with Crippen molar-refractivity contribution in [2.24, 2.45) is 5.41 Å². The van der Waals surface area contributed by atoms with Crippen molar-refractivity contribution in [3.8, 4) is 17.3 Å². The molecule has 4 aliphatic rings. The van der Waals surface area contributed by atoms with Crippen molar-refractivity contribution in [1.82, 2.24) is 30.0 Å². The maximum absolute atomic E-state index is 16.9. The molecule has 3 saturated heterocycles. The number of ether oxygens (including phenoxy) is 1. The number of nitrogens with one attached hydrogen (secondary N) is 1. The summed E-state index contributed by atoms with van der Waals surface area (Å²) in [5.74, 6) is -0.111. The molecule has 0 radical (unpaired) electrons. The van der Waals surface area contributed by atoms with Crippen molar-refractivity contribution in [3.63, 3.8) is 0 Å². The van der Waals surface area contributed by atoms with Gasteiger partial charge in [0.05, 0.1) is 28.7 Å². The molecule has 8 rings (SSSR count). The average molecular weight is 640 g/mol. The Morgan fingerprint density at radius 1 is 1.11 bits per heavy atom. The molecule has 13 heteroatoms. The normalized spacial score (nSPS) is 28.3. The van der Waals surface area contributed by atoms with E-state index < -0.39 is 17.5 Å². The smallest absolute Gasteiger partial charge is 0.319 e. The molecule has 3 N–H and O–H groups in total. The topological polar surface area (TPSA) is 124 Å². The van der Waals surface area contributed by atoms with Crippen LogP contribution in [0.1, 0.15) is 50.5 Å². The number of nitrogens with zero attached hydrogens (tertiary/aromatic N) is 6. The van der Waals surface area contributed by atoms with Crippen LogP contribution in [0.25, 0.3) is 33.1 Å². The standard InChI is InChI=1S/C32H36ClF2N7O3/c33-23-9-24-21(14-37-40-24)25(20(23)3-8-43)28-26(35)27-22(13-36-28)29(41-6-1-4-31(16-41)11-19(44)12-31)39-30(38-27)45-17-32-5-2-7-42(32)15-18(34)10-32/h9,13-14,18-19,43-44H,1-8,10-12,15-17H2,(H,37,40)/t18-,19?,31?,32+/m1/s1. The molecule has 2 atom stereocenters. The molecular weight excluding hydrogens is 604 g/mol. The van der Waals surface area contributed by atoms with Crippen LogP contribution in [0, 0.1) is 11.2 Å². The third-order valence-corrected chi connectivity index (χ3v) is 10.9. The number of anilines is 1. The number of H-pyrrole nitrogens is 1. The second kappa shape index (κ2) is 11.0. The zero-order valence-electron chi connectivity index (χ0n) is 24.9. The number of fused-ring (bicyclic) bond motifs is 3. The molecule has 4 fully saturated rings. The van der Waals surface area contributed by atoms with Crippen molar-refractivity contribution in [2.75, 3.05) is 44.3 Å². The fraction of sp³-hybridized carbons (Fsp3) is 0.562. The van der Waals surface area contributed by atoms with E-state index in [1.54, 1.807) is 18.5 Å². The fourth-order valence-electron chi connectivity index (χ4n) is 8.54. The molecule has 1 aromatic carbocycles. The summed E-state index contributed by atoms with van der Waals surface area (Å²) < 4.78 is 37.7. The predicted molar refractivity (Wildman–Crippen MR) is 166 cm³/mol. The largest absolute Gasteiger partial charge is 0.461 e. The van der Waals surface area contributed by atoms with E-state index in [9.17, 15) is 14.6 Å². The molecule has 0 bridgehead atoms. The first-order chi connectivity index (χ1) is 21.8. The van der Waals surface area contributed by atoms with Gasteiger partial charge in [0.1, 0.15) is 29.8 Å². The SMILES string of the molecule is OCCc1c(Cl)cc2[nH]ncc2c1-c1ncc2c(N3CCCC4(CC(O)C4)C3)nc(OC[C@@]34CCCN3C[C@H](F)C4)nc2c1F. The molecule has 1 saturated carbocycles. The highest BCUT2D eigenvalue weighted by Gasteiger charge is 2.50. The highest BCUT2D eigenvalue weighted by Crippen LogP contribution is 2.49. The zero-order valence-corrected chi connectivity index (χ0v) is 25.7. The third-order valence-electron chi connectivity index (χ3n) is 10.6. The minimum atomic E-state index is -0.902. The van der Waals surface area contributed by atoms with E-state index in [0.29, 0.717) is 57.8 Å². The van der Waals surface area contributed by atoms with Gasteiger partial charge in [-0.25, -0.2) is 8.78 Å². The molecular formula is C32H36ClF2N7O3. The van der Waals surface area contributed by atoms with Crippen molar-refractivity contribution >= 4 is 39.2 Å². The molecule has 10 nitrogen and oxygen atoms in total. The first-order valence-corrected chi connectivity index (χ1v) is 16.2. The maximum atomic E-state index is 16.9. The van der Waals surface area contributed by atoms with E-state index in [2.05, 4.69) is 30.0 Å². The van der Waals surface area contributed by atoms with E-state index >= 15 is 4.39 Å². The number of hydrogen-bond donors (Lipinski definition) is 3. The number of hydrogen-bond acceptors (Lipinski definition) is 9. The van der Waals surface area contributed by atoms with Gasteiger partial charge in [0, 0.05) is 54.8 Å². The van der Waals surface area contributed by atoms with Crippen molar-refractivity contribution < 1.29 is 23.7 Å². The van der Waals surface area contributed by atoms with Crippen LogP contribution < -0.4 is 9.64 Å². The lowest BCUT2D eigenvalue weighted by Crippen LogP contribution is -2.52. The van der Waals surface area contributed by atoms with Gasteiger partial charge in [-0.05, 0) is 68.5 Å². The highest BCUT2D eigenvalue weighted by molar-refractivity contribution is 6.33. The van der Waals surface area contributed by atoms with Gasteiger partial charge in [0.25, 0.3) is 0 Å². The Balaban J connectivity index is 1.25.